The van der Waals surface area contributed by atoms with Gasteiger partial charge in [-0.2, -0.15) is 5.10 Å². The smallest absolute Gasteiger partial charge is 0.227 e. The fourth-order valence-electron chi connectivity index (χ4n) is 2.55. The summed E-state index contributed by atoms with van der Waals surface area (Å²) in [5, 5.41) is 6.95. The van der Waals surface area contributed by atoms with Gasteiger partial charge in [-0.05, 0) is 43.7 Å². The van der Waals surface area contributed by atoms with Crippen molar-refractivity contribution in [3.63, 3.8) is 0 Å². The maximum atomic E-state index is 13.7. The standard InChI is InChI=1S/C18H18FN5O/c1-11-7-12(2)21-10-15(11)18-22-16(9-17(25)20-3)23-24(18)14-6-4-5-13(19)8-14/h4-8,10H,9H2,1-3H3,(H,20,25). The van der Waals surface area contributed by atoms with Crippen LogP contribution in [0.2, 0.25) is 0 Å². The fraction of sp³-hybridized carbons (Fsp3) is 0.222. The molecule has 7 heteroatoms. The first kappa shape index (κ1) is 16.8. The van der Waals surface area contributed by atoms with E-state index in [1.807, 2.05) is 19.9 Å². The number of hydrogen-bond donors (Lipinski definition) is 1. The van der Waals surface area contributed by atoms with E-state index < -0.39 is 0 Å². The second-order valence-corrected chi connectivity index (χ2v) is 5.73. The summed E-state index contributed by atoms with van der Waals surface area (Å²) >= 11 is 0. The molecule has 0 atom stereocenters. The molecule has 0 fully saturated rings. The number of aromatic nitrogens is 4. The molecule has 0 bridgehead atoms. The Kier molecular flexibility index (Phi) is 4.56. The molecular weight excluding hydrogens is 321 g/mol. The van der Waals surface area contributed by atoms with Gasteiger partial charge < -0.3 is 5.32 Å². The molecule has 0 aliphatic carbocycles. The van der Waals surface area contributed by atoms with Gasteiger partial charge in [0.25, 0.3) is 0 Å². The predicted octanol–water partition coefficient (Wildman–Crippen LogP) is 2.37. The van der Waals surface area contributed by atoms with Crippen LogP contribution in [0.25, 0.3) is 17.1 Å². The van der Waals surface area contributed by atoms with E-state index in [4.69, 9.17) is 0 Å². The molecule has 6 nitrogen and oxygen atoms in total. The zero-order chi connectivity index (χ0) is 18.0. The topological polar surface area (TPSA) is 72.7 Å². The molecule has 0 aliphatic rings. The van der Waals surface area contributed by atoms with E-state index in [9.17, 15) is 9.18 Å². The largest absolute Gasteiger partial charge is 0.359 e. The summed E-state index contributed by atoms with van der Waals surface area (Å²) in [6.45, 7) is 3.86. The first-order valence-electron chi connectivity index (χ1n) is 7.84. The predicted molar refractivity (Wildman–Crippen MR) is 91.8 cm³/mol. The molecule has 1 aromatic carbocycles. The van der Waals surface area contributed by atoms with Gasteiger partial charge in [0.1, 0.15) is 5.82 Å². The number of carbonyl (C=O) groups excluding carboxylic acids is 1. The van der Waals surface area contributed by atoms with Gasteiger partial charge in [0.2, 0.25) is 5.91 Å². The third-order valence-corrected chi connectivity index (χ3v) is 3.79. The number of halogens is 1. The third-order valence-electron chi connectivity index (χ3n) is 3.79. The summed E-state index contributed by atoms with van der Waals surface area (Å²) in [7, 11) is 1.56. The Morgan fingerprint density at radius 1 is 1.28 bits per heavy atom. The van der Waals surface area contributed by atoms with Crippen LogP contribution in [-0.2, 0) is 11.2 Å². The van der Waals surface area contributed by atoms with Gasteiger partial charge in [0.15, 0.2) is 11.6 Å². The maximum Gasteiger partial charge on any atom is 0.227 e. The van der Waals surface area contributed by atoms with Crippen molar-refractivity contribution in [3.8, 4) is 17.1 Å². The quantitative estimate of drug-likeness (QED) is 0.792. The van der Waals surface area contributed by atoms with Gasteiger partial charge in [-0.1, -0.05) is 6.07 Å². The number of benzene rings is 1. The lowest BCUT2D eigenvalue weighted by atomic mass is 10.1. The number of rotatable bonds is 4. The number of nitrogens with one attached hydrogen (secondary N) is 1. The molecule has 1 amide bonds. The number of likely N-dealkylation sites (N-methyl/N-ethyl adjacent to an activating group) is 1. The molecule has 0 saturated heterocycles. The number of nitrogens with zero attached hydrogens (tertiary/aromatic N) is 4. The van der Waals surface area contributed by atoms with Crippen molar-refractivity contribution in [2.75, 3.05) is 7.05 Å². The van der Waals surface area contributed by atoms with E-state index in [0.717, 1.165) is 16.8 Å². The Hall–Kier alpha value is -3.09. The minimum atomic E-state index is -0.370. The highest BCUT2D eigenvalue weighted by Crippen LogP contribution is 2.24. The van der Waals surface area contributed by atoms with Gasteiger partial charge in [-0.15, -0.1) is 0 Å². The molecule has 1 N–H and O–H groups in total. The van der Waals surface area contributed by atoms with Gasteiger partial charge in [-0.25, -0.2) is 14.1 Å². The number of pyridine rings is 1. The van der Waals surface area contributed by atoms with Crippen molar-refractivity contribution in [2.24, 2.45) is 0 Å². The summed E-state index contributed by atoms with van der Waals surface area (Å²) in [6.07, 6.45) is 1.76. The monoisotopic (exact) mass is 339 g/mol. The van der Waals surface area contributed by atoms with Crippen LogP contribution in [0.1, 0.15) is 17.1 Å². The van der Waals surface area contributed by atoms with Gasteiger partial charge in [-0.3, -0.25) is 9.78 Å². The molecule has 25 heavy (non-hydrogen) atoms. The summed E-state index contributed by atoms with van der Waals surface area (Å²) in [5.74, 6) is 0.320. The Balaban J connectivity index is 2.16. The normalized spacial score (nSPS) is 10.7. The van der Waals surface area contributed by atoms with E-state index in [2.05, 4.69) is 20.4 Å². The Bertz CT molecular complexity index is 935. The first-order valence-corrected chi connectivity index (χ1v) is 7.84. The summed E-state index contributed by atoms with van der Waals surface area (Å²) in [6, 6.07) is 8.03. The molecule has 3 aromatic rings. The highest BCUT2D eigenvalue weighted by atomic mass is 19.1. The number of aryl methyl sites for hydroxylation is 2. The van der Waals surface area contributed by atoms with Gasteiger partial charge in [0.05, 0.1) is 12.1 Å². The van der Waals surface area contributed by atoms with Crippen LogP contribution in [-0.4, -0.2) is 32.7 Å². The van der Waals surface area contributed by atoms with Crippen molar-refractivity contribution in [1.29, 1.82) is 0 Å². The Labute approximate surface area is 144 Å². The molecule has 3 rings (SSSR count). The highest BCUT2D eigenvalue weighted by molar-refractivity contribution is 5.77. The van der Waals surface area contributed by atoms with Gasteiger partial charge in [0, 0.05) is 24.5 Å². The lowest BCUT2D eigenvalue weighted by molar-refractivity contribution is -0.120. The van der Waals surface area contributed by atoms with Crippen LogP contribution in [0.4, 0.5) is 4.39 Å². The van der Waals surface area contributed by atoms with Crippen LogP contribution in [0.15, 0.2) is 36.5 Å². The molecule has 2 heterocycles. The molecule has 2 aromatic heterocycles. The zero-order valence-corrected chi connectivity index (χ0v) is 14.2. The summed E-state index contributed by atoms with van der Waals surface area (Å²) in [4.78, 5) is 20.5. The van der Waals surface area contributed by atoms with Crippen molar-refractivity contribution in [1.82, 2.24) is 25.1 Å². The fourth-order valence-corrected chi connectivity index (χ4v) is 2.55. The van der Waals surface area contributed by atoms with Gasteiger partial charge >= 0.3 is 0 Å². The minimum Gasteiger partial charge on any atom is -0.359 e. The van der Waals surface area contributed by atoms with E-state index in [1.165, 1.54) is 12.1 Å². The summed E-state index contributed by atoms with van der Waals surface area (Å²) in [5.41, 5.74) is 3.18. The molecule has 0 spiro atoms. The highest BCUT2D eigenvalue weighted by Gasteiger charge is 2.17. The lowest BCUT2D eigenvalue weighted by Crippen LogP contribution is -2.20. The third kappa shape index (κ3) is 3.55. The molecular formula is C18H18FN5O. The van der Waals surface area contributed by atoms with E-state index in [-0.39, 0.29) is 18.1 Å². The second-order valence-electron chi connectivity index (χ2n) is 5.73. The lowest BCUT2D eigenvalue weighted by Gasteiger charge is -2.08. The van der Waals surface area contributed by atoms with Crippen molar-refractivity contribution < 1.29 is 9.18 Å². The van der Waals surface area contributed by atoms with Crippen LogP contribution in [0.3, 0.4) is 0 Å². The minimum absolute atomic E-state index is 0.0458. The Morgan fingerprint density at radius 3 is 2.76 bits per heavy atom. The molecule has 0 unspecified atom stereocenters. The molecule has 0 aliphatic heterocycles. The number of hydrogen-bond acceptors (Lipinski definition) is 4. The van der Waals surface area contributed by atoms with E-state index >= 15 is 0 Å². The zero-order valence-electron chi connectivity index (χ0n) is 14.2. The van der Waals surface area contributed by atoms with E-state index in [0.29, 0.717) is 17.3 Å². The van der Waals surface area contributed by atoms with Crippen LogP contribution in [0, 0.1) is 19.7 Å². The molecule has 0 saturated carbocycles. The van der Waals surface area contributed by atoms with Crippen LogP contribution >= 0.6 is 0 Å². The SMILES string of the molecule is CNC(=O)Cc1nc(-c2cnc(C)cc2C)n(-c2cccc(F)c2)n1. The van der Waals surface area contributed by atoms with Crippen LogP contribution < -0.4 is 5.32 Å². The Morgan fingerprint density at radius 2 is 2.08 bits per heavy atom. The summed E-state index contributed by atoms with van der Waals surface area (Å²) < 4.78 is 15.2. The second kappa shape index (κ2) is 6.80. The van der Waals surface area contributed by atoms with Crippen molar-refractivity contribution in [3.05, 3.63) is 59.4 Å². The first-order chi connectivity index (χ1) is 12.0. The van der Waals surface area contributed by atoms with Crippen molar-refractivity contribution in [2.45, 2.75) is 20.3 Å². The average molecular weight is 339 g/mol. The molecule has 0 radical (unpaired) electrons. The average Bonchev–Trinajstić information content (AvgIpc) is 2.98. The van der Waals surface area contributed by atoms with Crippen molar-refractivity contribution >= 4 is 5.91 Å². The van der Waals surface area contributed by atoms with Crippen LogP contribution in [0.5, 0.6) is 0 Å². The van der Waals surface area contributed by atoms with E-state index in [1.54, 1.807) is 30.1 Å². The number of carbonyl (C=O) groups is 1. The molecule has 128 valence electrons. The maximum absolute atomic E-state index is 13.7. The number of amides is 1.